The van der Waals surface area contributed by atoms with Gasteiger partial charge >= 0.3 is 11.9 Å². The third-order valence-electron chi connectivity index (χ3n) is 4.87. The van der Waals surface area contributed by atoms with Gasteiger partial charge in [0, 0.05) is 19.3 Å². The second kappa shape index (κ2) is 17.1. The average molecular weight is 535 g/mol. The first-order valence-electron chi connectivity index (χ1n) is 10.9. The van der Waals surface area contributed by atoms with Crippen LogP contribution in [-0.2, 0) is 33.6 Å². The topological polar surface area (TPSA) is 274 Å². The molecule has 0 aromatic carbocycles. The van der Waals surface area contributed by atoms with E-state index in [-0.39, 0.29) is 32.1 Å². The van der Waals surface area contributed by atoms with E-state index < -0.39 is 78.5 Å². The monoisotopic (exact) mass is 534 g/mol. The third kappa shape index (κ3) is 14.1. The molecular formula is C20H34N6O9S. The van der Waals surface area contributed by atoms with Gasteiger partial charge in [-0.05, 0) is 37.7 Å². The Balaban J connectivity index is 5.53. The molecule has 11 N–H and O–H groups in total. The highest BCUT2D eigenvalue weighted by Crippen LogP contribution is 2.07. The number of nitrogens with two attached hydrogens (primary N) is 3. The minimum Gasteiger partial charge on any atom is -0.481 e. The lowest BCUT2D eigenvalue weighted by Gasteiger charge is -2.25. The standard InChI is InChI=1S/C20H34N6O9S/c1-36-9-8-13(25-18(33)10(21)2-5-14(22)27)20(35)26-12(4-7-16(30)31)19(34)24-11(17(23)32)3-6-15(28)29/h10-13H,2-9,21H2,1H3,(H2,22,27)(H2,23,32)(H,24,34)(H,25,33)(H,26,35)(H,28,29)(H,30,31)/t10-,11+,12+,13+/m1/s1. The highest BCUT2D eigenvalue weighted by molar-refractivity contribution is 7.98. The van der Waals surface area contributed by atoms with Gasteiger partial charge in [-0.15, -0.1) is 0 Å². The maximum Gasteiger partial charge on any atom is 0.303 e. The number of carbonyl (C=O) groups is 7. The van der Waals surface area contributed by atoms with Gasteiger partial charge in [-0.1, -0.05) is 0 Å². The molecule has 0 aliphatic rings. The normalized spacial score (nSPS) is 13.9. The predicted molar refractivity (Wildman–Crippen MR) is 128 cm³/mol. The Morgan fingerprint density at radius 3 is 1.58 bits per heavy atom. The van der Waals surface area contributed by atoms with Crippen molar-refractivity contribution in [2.24, 2.45) is 17.2 Å². The number of hydrogen-bond acceptors (Lipinski definition) is 9. The van der Waals surface area contributed by atoms with Gasteiger partial charge < -0.3 is 43.4 Å². The fraction of sp³-hybridized carbons (Fsp3) is 0.650. The molecule has 15 nitrogen and oxygen atoms in total. The average Bonchev–Trinajstić information content (AvgIpc) is 2.79. The van der Waals surface area contributed by atoms with Gasteiger partial charge in [0.1, 0.15) is 18.1 Å². The molecule has 36 heavy (non-hydrogen) atoms. The summed E-state index contributed by atoms with van der Waals surface area (Å²) in [5, 5.41) is 24.8. The Bertz CT molecular complexity index is 825. The summed E-state index contributed by atoms with van der Waals surface area (Å²) in [7, 11) is 0. The largest absolute Gasteiger partial charge is 0.481 e. The zero-order valence-corrected chi connectivity index (χ0v) is 20.7. The predicted octanol–water partition coefficient (Wildman–Crippen LogP) is -3.00. The maximum absolute atomic E-state index is 12.9. The first-order valence-corrected chi connectivity index (χ1v) is 12.3. The molecule has 4 atom stereocenters. The van der Waals surface area contributed by atoms with Gasteiger partial charge in [0.05, 0.1) is 6.04 Å². The lowest BCUT2D eigenvalue weighted by molar-refractivity contribution is -0.139. The second-order valence-electron chi connectivity index (χ2n) is 7.84. The molecule has 0 aromatic rings. The minimum absolute atomic E-state index is 0.0491. The fourth-order valence-electron chi connectivity index (χ4n) is 2.85. The molecule has 0 aliphatic carbocycles. The maximum atomic E-state index is 12.9. The molecule has 0 rings (SSSR count). The molecule has 0 aromatic heterocycles. The van der Waals surface area contributed by atoms with E-state index in [9.17, 15) is 33.6 Å². The van der Waals surface area contributed by atoms with Gasteiger partial charge in [-0.2, -0.15) is 11.8 Å². The molecule has 0 bridgehead atoms. The van der Waals surface area contributed by atoms with Crippen LogP contribution in [0.4, 0.5) is 0 Å². The van der Waals surface area contributed by atoms with Crippen LogP contribution >= 0.6 is 11.8 Å². The lowest BCUT2D eigenvalue weighted by Crippen LogP contribution is -2.57. The number of hydrogen-bond donors (Lipinski definition) is 8. The van der Waals surface area contributed by atoms with E-state index in [2.05, 4.69) is 16.0 Å². The van der Waals surface area contributed by atoms with Crippen LogP contribution in [0.3, 0.4) is 0 Å². The van der Waals surface area contributed by atoms with E-state index in [0.717, 1.165) is 0 Å². The zero-order valence-electron chi connectivity index (χ0n) is 19.9. The van der Waals surface area contributed by atoms with Gasteiger partial charge in [-0.3, -0.25) is 33.6 Å². The van der Waals surface area contributed by atoms with E-state index in [0.29, 0.717) is 5.75 Å². The molecule has 0 saturated heterocycles. The number of carboxylic acids is 2. The van der Waals surface area contributed by atoms with Crippen molar-refractivity contribution in [3.8, 4) is 0 Å². The van der Waals surface area contributed by atoms with Crippen LogP contribution < -0.4 is 33.2 Å². The highest BCUT2D eigenvalue weighted by atomic mass is 32.2. The van der Waals surface area contributed by atoms with E-state index in [4.69, 9.17) is 27.4 Å². The van der Waals surface area contributed by atoms with Crippen molar-refractivity contribution < 1.29 is 43.8 Å². The van der Waals surface area contributed by atoms with E-state index in [1.165, 1.54) is 11.8 Å². The molecule has 16 heteroatoms. The summed E-state index contributed by atoms with van der Waals surface area (Å²) in [5.74, 6) is -6.22. The number of carboxylic acid groups (broad SMARTS) is 2. The number of nitrogens with one attached hydrogen (secondary N) is 3. The molecule has 0 spiro atoms. The van der Waals surface area contributed by atoms with Crippen molar-refractivity contribution >= 4 is 53.2 Å². The quantitative estimate of drug-likeness (QED) is 0.0826. The summed E-state index contributed by atoms with van der Waals surface area (Å²) >= 11 is 1.38. The fourth-order valence-corrected chi connectivity index (χ4v) is 3.32. The van der Waals surface area contributed by atoms with Crippen LogP contribution in [0, 0.1) is 0 Å². The molecule has 0 aliphatic heterocycles. The van der Waals surface area contributed by atoms with E-state index in [1.807, 2.05) is 0 Å². The van der Waals surface area contributed by atoms with E-state index >= 15 is 0 Å². The van der Waals surface area contributed by atoms with Crippen LogP contribution in [0.1, 0.15) is 44.9 Å². The number of carbonyl (C=O) groups excluding carboxylic acids is 5. The Kier molecular flexibility index (Phi) is 15.5. The first kappa shape index (κ1) is 32.6. The van der Waals surface area contributed by atoms with Crippen molar-refractivity contribution in [2.45, 2.75) is 69.1 Å². The lowest BCUT2D eigenvalue weighted by atomic mass is 10.1. The van der Waals surface area contributed by atoms with Crippen molar-refractivity contribution in [1.29, 1.82) is 0 Å². The summed E-state index contributed by atoms with van der Waals surface area (Å²) < 4.78 is 0. The minimum atomic E-state index is -1.43. The van der Waals surface area contributed by atoms with Crippen molar-refractivity contribution in [3.63, 3.8) is 0 Å². The summed E-state index contributed by atoms with van der Waals surface area (Å²) in [6.07, 6.45) is 0.0391. The third-order valence-corrected chi connectivity index (χ3v) is 5.51. The number of aliphatic carboxylic acids is 2. The molecule has 0 fully saturated rings. The summed E-state index contributed by atoms with van der Waals surface area (Å²) in [6.45, 7) is 0. The van der Waals surface area contributed by atoms with E-state index in [1.54, 1.807) is 6.26 Å². The van der Waals surface area contributed by atoms with Gasteiger partial charge in [0.15, 0.2) is 0 Å². The summed E-state index contributed by atoms with van der Waals surface area (Å²) in [4.78, 5) is 82.4. The number of primary amides is 2. The number of rotatable bonds is 19. The number of amides is 5. The van der Waals surface area contributed by atoms with Crippen molar-refractivity contribution in [1.82, 2.24) is 16.0 Å². The molecular weight excluding hydrogens is 500 g/mol. The molecule has 5 amide bonds. The van der Waals surface area contributed by atoms with Crippen molar-refractivity contribution in [2.75, 3.05) is 12.0 Å². The van der Waals surface area contributed by atoms with Crippen LogP contribution in [0.2, 0.25) is 0 Å². The Morgan fingerprint density at radius 1 is 0.694 bits per heavy atom. The molecule has 0 heterocycles. The van der Waals surface area contributed by atoms with Crippen molar-refractivity contribution in [3.05, 3.63) is 0 Å². The Labute approximate surface area is 211 Å². The Morgan fingerprint density at radius 2 is 1.14 bits per heavy atom. The van der Waals surface area contributed by atoms with Crippen LogP contribution in [-0.4, -0.2) is 87.9 Å². The van der Waals surface area contributed by atoms with Crippen LogP contribution in [0.15, 0.2) is 0 Å². The molecule has 0 saturated carbocycles. The van der Waals surface area contributed by atoms with Gasteiger partial charge in [0.25, 0.3) is 0 Å². The highest BCUT2D eigenvalue weighted by Gasteiger charge is 2.30. The Hall–Kier alpha value is -3.40. The smallest absolute Gasteiger partial charge is 0.303 e. The first-order chi connectivity index (χ1) is 16.8. The van der Waals surface area contributed by atoms with Crippen LogP contribution in [0.5, 0.6) is 0 Å². The molecule has 204 valence electrons. The summed E-state index contributed by atoms with van der Waals surface area (Å²) in [5.41, 5.74) is 16.0. The molecule has 0 radical (unpaired) electrons. The van der Waals surface area contributed by atoms with Crippen LogP contribution in [0.25, 0.3) is 0 Å². The zero-order chi connectivity index (χ0) is 27.8. The number of thioether (sulfide) groups is 1. The molecule has 0 unspecified atom stereocenters. The SMILES string of the molecule is CSCC[C@H](NC(=O)[C@H](N)CCC(N)=O)C(=O)N[C@@H](CCC(=O)O)C(=O)N[C@@H](CCC(=O)O)C(N)=O. The summed E-state index contributed by atoms with van der Waals surface area (Å²) in [6, 6.07) is -5.08. The van der Waals surface area contributed by atoms with Gasteiger partial charge in [-0.25, -0.2) is 0 Å². The van der Waals surface area contributed by atoms with Gasteiger partial charge in [0.2, 0.25) is 29.5 Å². The second-order valence-corrected chi connectivity index (χ2v) is 8.83.